The fourth-order valence-electron chi connectivity index (χ4n) is 2.85. The molecule has 0 saturated heterocycles. The average Bonchev–Trinajstić information content (AvgIpc) is 3.22. The van der Waals surface area contributed by atoms with Gasteiger partial charge >= 0.3 is 0 Å². The highest BCUT2D eigenvalue weighted by Gasteiger charge is 2.10. The minimum absolute atomic E-state index is 0.0889. The SMILES string of the molecule is O=C(NCCc1c[nH]c2cc(F)c(Cl)cc12)c1ccc2cncn2c1. The molecule has 3 heterocycles. The second-order valence-corrected chi connectivity index (χ2v) is 6.18. The number of rotatable bonds is 4. The van der Waals surface area contributed by atoms with E-state index in [-0.39, 0.29) is 10.9 Å². The van der Waals surface area contributed by atoms with Gasteiger partial charge in [0.05, 0.1) is 28.6 Å². The minimum atomic E-state index is -0.453. The first-order valence-corrected chi connectivity index (χ1v) is 8.14. The number of benzene rings is 1. The molecule has 0 aliphatic carbocycles. The van der Waals surface area contributed by atoms with E-state index in [1.807, 2.05) is 12.3 Å². The van der Waals surface area contributed by atoms with Gasteiger partial charge in [0.1, 0.15) is 5.82 Å². The molecule has 0 aliphatic heterocycles. The van der Waals surface area contributed by atoms with Crippen molar-refractivity contribution in [3.8, 4) is 0 Å². The maximum atomic E-state index is 13.5. The van der Waals surface area contributed by atoms with Gasteiger partial charge in [0.25, 0.3) is 5.91 Å². The Morgan fingerprint density at radius 2 is 2.24 bits per heavy atom. The number of fused-ring (bicyclic) bond motifs is 2. The Hall–Kier alpha value is -2.86. The summed E-state index contributed by atoms with van der Waals surface area (Å²) in [4.78, 5) is 19.3. The van der Waals surface area contributed by atoms with Gasteiger partial charge < -0.3 is 14.7 Å². The lowest BCUT2D eigenvalue weighted by atomic mass is 10.1. The number of halogens is 2. The smallest absolute Gasteiger partial charge is 0.252 e. The fraction of sp³-hybridized carbons (Fsp3) is 0.111. The number of H-pyrrole nitrogens is 1. The van der Waals surface area contributed by atoms with Crippen molar-refractivity contribution in [2.45, 2.75) is 6.42 Å². The monoisotopic (exact) mass is 356 g/mol. The molecule has 25 heavy (non-hydrogen) atoms. The Kier molecular flexibility index (Phi) is 3.89. The molecule has 4 rings (SSSR count). The van der Waals surface area contributed by atoms with Gasteiger partial charge in [-0.3, -0.25) is 4.79 Å². The van der Waals surface area contributed by atoms with E-state index in [1.54, 1.807) is 35.3 Å². The van der Waals surface area contributed by atoms with Gasteiger partial charge in [-0.05, 0) is 36.2 Å². The molecule has 2 N–H and O–H groups in total. The highest BCUT2D eigenvalue weighted by atomic mass is 35.5. The summed E-state index contributed by atoms with van der Waals surface area (Å²) in [6.45, 7) is 0.461. The van der Waals surface area contributed by atoms with Crippen molar-refractivity contribution in [1.82, 2.24) is 19.7 Å². The van der Waals surface area contributed by atoms with Gasteiger partial charge in [0.2, 0.25) is 0 Å². The summed E-state index contributed by atoms with van der Waals surface area (Å²) < 4.78 is 15.3. The van der Waals surface area contributed by atoms with Crippen molar-refractivity contribution in [3.63, 3.8) is 0 Å². The zero-order valence-electron chi connectivity index (χ0n) is 13.1. The van der Waals surface area contributed by atoms with Crippen LogP contribution in [0.3, 0.4) is 0 Å². The number of carbonyl (C=O) groups excluding carboxylic acids is 1. The summed E-state index contributed by atoms with van der Waals surface area (Å²) in [7, 11) is 0. The lowest BCUT2D eigenvalue weighted by Crippen LogP contribution is -2.25. The number of aromatic nitrogens is 3. The maximum Gasteiger partial charge on any atom is 0.252 e. The first kappa shape index (κ1) is 15.7. The second kappa shape index (κ2) is 6.22. The zero-order chi connectivity index (χ0) is 17.4. The van der Waals surface area contributed by atoms with Crippen LogP contribution >= 0.6 is 11.6 Å². The number of imidazole rings is 1. The number of carbonyl (C=O) groups is 1. The van der Waals surface area contributed by atoms with E-state index in [4.69, 9.17) is 11.6 Å². The largest absolute Gasteiger partial charge is 0.361 e. The molecule has 5 nitrogen and oxygen atoms in total. The average molecular weight is 357 g/mol. The van der Waals surface area contributed by atoms with Crippen molar-refractivity contribution < 1.29 is 9.18 Å². The molecular weight excluding hydrogens is 343 g/mol. The van der Waals surface area contributed by atoms with E-state index in [0.717, 1.165) is 16.5 Å². The van der Waals surface area contributed by atoms with E-state index in [9.17, 15) is 9.18 Å². The third-order valence-electron chi connectivity index (χ3n) is 4.16. The Morgan fingerprint density at radius 3 is 3.12 bits per heavy atom. The number of hydrogen-bond acceptors (Lipinski definition) is 2. The number of nitrogens with one attached hydrogen (secondary N) is 2. The predicted molar refractivity (Wildman–Crippen MR) is 94.5 cm³/mol. The topological polar surface area (TPSA) is 62.2 Å². The Morgan fingerprint density at radius 1 is 1.36 bits per heavy atom. The normalized spacial score (nSPS) is 11.3. The quantitative estimate of drug-likeness (QED) is 0.587. The fourth-order valence-corrected chi connectivity index (χ4v) is 3.01. The molecule has 7 heteroatoms. The number of pyridine rings is 1. The molecule has 1 aromatic carbocycles. The zero-order valence-corrected chi connectivity index (χ0v) is 13.8. The summed E-state index contributed by atoms with van der Waals surface area (Å²) in [5.74, 6) is -0.606. The van der Waals surface area contributed by atoms with Crippen molar-refractivity contribution >= 4 is 33.9 Å². The summed E-state index contributed by atoms with van der Waals surface area (Å²) in [5, 5.41) is 3.84. The number of hydrogen-bond donors (Lipinski definition) is 2. The lowest BCUT2D eigenvalue weighted by Gasteiger charge is -2.06. The molecule has 0 unspecified atom stereocenters. The molecule has 3 aromatic heterocycles. The van der Waals surface area contributed by atoms with Crippen LogP contribution in [-0.4, -0.2) is 26.8 Å². The number of aromatic amines is 1. The summed E-state index contributed by atoms with van der Waals surface area (Å²) in [6, 6.07) is 6.59. The van der Waals surface area contributed by atoms with Crippen LogP contribution in [-0.2, 0) is 6.42 Å². The van der Waals surface area contributed by atoms with E-state index in [2.05, 4.69) is 15.3 Å². The first-order valence-electron chi connectivity index (χ1n) is 7.77. The van der Waals surface area contributed by atoms with Gasteiger partial charge in [-0.2, -0.15) is 0 Å². The van der Waals surface area contributed by atoms with Crippen LogP contribution in [0.1, 0.15) is 15.9 Å². The number of amides is 1. The van der Waals surface area contributed by atoms with Crippen LogP contribution in [0.15, 0.2) is 49.2 Å². The molecule has 0 spiro atoms. The van der Waals surface area contributed by atoms with E-state index in [0.29, 0.717) is 24.0 Å². The molecule has 0 bridgehead atoms. The lowest BCUT2D eigenvalue weighted by molar-refractivity contribution is 0.0953. The first-order chi connectivity index (χ1) is 12.1. The van der Waals surface area contributed by atoms with Crippen molar-refractivity contribution in [3.05, 3.63) is 71.2 Å². The highest BCUT2D eigenvalue weighted by molar-refractivity contribution is 6.31. The van der Waals surface area contributed by atoms with E-state index >= 15 is 0 Å². The maximum absolute atomic E-state index is 13.5. The molecule has 0 fully saturated rings. The van der Waals surface area contributed by atoms with Gasteiger partial charge in [-0.1, -0.05) is 11.6 Å². The van der Waals surface area contributed by atoms with Crippen LogP contribution in [0.25, 0.3) is 16.4 Å². The number of nitrogens with zero attached hydrogens (tertiary/aromatic N) is 2. The predicted octanol–water partition coefficient (Wildman–Crippen LogP) is 3.58. The van der Waals surface area contributed by atoms with Gasteiger partial charge in [0, 0.05) is 29.8 Å². The Balaban J connectivity index is 1.45. The van der Waals surface area contributed by atoms with Crippen LogP contribution in [0.4, 0.5) is 4.39 Å². The van der Waals surface area contributed by atoms with Crippen LogP contribution < -0.4 is 5.32 Å². The molecule has 0 radical (unpaired) electrons. The van der Waals surface area contributed by atoms with Gasteiger partial charge in [0.15, 0.2) is 0 Å². The Bertz CT molecular complexity index is 1090. The standard InChI is InChI=1S/C18H14ClFN4O/c19-15-5-14-11(7-23-17(14)6-16(15)20)3-4-22-18(25)12-1-2-13-8-21-10-24(13)9-12/h1-2,5-10,23H,3-4H2,(H,22,25). The molecule has 0 aliphatic rings. The summed E-state index contributed by atoms with van der Waals surface area (Å²) in [5.41, 5.74) is 3.16. The second-order valence-electron chi connectivity index (χ2n) is 5.78. The molecule has 0 atom stereocenters. The molecule has 0 saturated carbocycles. The summed E-state index contributed by atoms with van der Waals surface area (Å²) >= 11 is 5.85. The van der Waals surface area contributed by atoms with Crippen molar-refractivity contribution in [1.29, 1.82) is 0 Å². The van der Waals surface area contributed by atoms with Crippen molar-refractivity contribution in [2.24, 2.45) is 0 Å². The third-order valence-corrected chi connectivity index (χ3v) is 4.45. The summed E-state index contributed by atoms with van der Waals surface area (Å²) in [6.07, 6.45) is 7.55. The van der Waals surface area contributed by atoms with Gasteiger partial charge in [-0.25, -0.2) is 9.37 Å². The minimum Gasteiger partial charge on any atom is -0.361 e. The molecule has 126 valence electrons. The van der Waals surface area contributed by atoms with Crippen LogP contribution in [0.2, 0.25) is 5.02 Å². The van der Waals surface area contributed by atoms with E-state index in [1.165, 1.54) is 6.07 Å². The molecule has 4 aromatic rings. The Labute approximate surface area is 147 Å². The highest BCUT2D eigenvalue weighted by Crippen LogP contribution is 2.25. The van der Waals surface area contributed by atoms with Crippen LogP contribution in [0, 0.1) is 5.82 Å². The van der Waals surface area contributed by atoms with Gasteiger partial charge in [-0.15, -0.1) is 0 Å². The molecular formula is C18H14ClFN4O. The third kappa shape index (κ3) is 2.96. The van der Waals surface area contributed by atoms with E-state index < -0.39 is 5.82 Å². The molecule has 1 amide bonds. The van der Waals surface area contributed by atoms with Crippen molar-refractivity contribution in [2.75, 3.05) is 6.54 Å². The van der Waals surface area contributed by atoms with Crippen LogP contribution in [0.5, 0.6) is 0 Å².